The molecule has 0 saturated carbocycles. The smallest absolute Gasteiger partial charge is 0.242 e. The van der Waals surface area contributed by atoms with Crippen LogP contribution in [0.2, 0.25) is 10.0 Å². The zero-order valence-electron chi connectivity index (χ0n) is 19.8. The topological polar surface area (TPSA) is 64.0 Å². The summed E-state index contributed by atoms with van der Waals surface area (Å²) in [5, 5.41) is 1.39. The summed E-state index contributed by atoms with van der Waals surface area (Å²) in [6, 6.07) is 24.9. The minimum Gasteiger partial charge on any atom is -0.318 e. The summed E-state index contributed by atoms with van der Waals surface area (Å²) in [6.45, 7) is 3.27. The van der Waals surface area contributed by atoms with Gasteiger partial charge in [-0.25, -0.2) is 18.1 Å². The first-order valence-electron chi connectivity index (χ1n) is 11.7. The van der Waals surface area contributed by atoms with E-state index in [-0.39, 0.29) is 16.5 Å². The maximum atomic E-state index is 12.7. The molecule has 0 amide bonds. The third-order valence-corrected chi connectivity index (χ3v) is 8.74. The Morgan fingerprint density at radius 2 is 1.61 bits per heavy atom. The molecule has 0 aliphatic rings. The predicted octanol–water partition coefficient (Wildman–Crippen LogP) is 7.39. The second kappa shape index (κ2) is 12.3. The summed E-state index contributed by atoms with van der Waals surface area (Å²) in [7, 11) is -3.75. The van der Waals surface area contributed by atoms with Gasteiger partial charge < -0.3 is 4.57 Å². The highest BCUT2D eigenvalue weighted by atomic mass is 35.5. The quantitative estimate of drug-likeness (QED) is 0.153. The molecule has 1 heterocycles. The molecule has 0 saturated heterocycles. The first kappa shape index (κ1) is 26.8. The van der Waals surface area contributed by atoms with Crippen molar-refractivity contribution in [3.8, 4) is 22.5 Å². The molecule has 0 aliphatic carbocycles. The first-order chi connectivity index (χ1) is 17.4. The van der Waals surface area contributed by atoms with Gasteiger partial charge >= 0.3 is 0 Å². The molecule has 0 radical (unpaired) electrons. The van der Waals surface area contributed by atoms with E-state index in [1.165, 1.54) is 12.1 Å². The van der Waals surface area contributed by atoms with Crippen LogP contribution in [0.15, 0.2) is 88.9 Å². The van der Waals surface area contributed by atoms with Crippen LogP contribution in [0.3, 0.4) is 0 Å². The number of hydrogen-bond donors (Lipinski definition) is 1. The van der Waals surface area contributed by atoms with Gasteiger partial charge in [-0.2, -0.15) is 0 Å². The number of rotatable bonds is 11. The molecule has 0 atom stereocenters. The number of nitrogens with one attached hydrogen (secondary N) is 1. The standard InChI is InChI=1S/C27H27Cl2N3O2S2/c1-2-17-32-26(21-12-7-4-8-13-21)25(20-10-5-3-6-11-20)31-27(32)35-18-9-16-30-36(33,34)24-19-22(28)14-15-23(24)29/h3-8,10-15,19,30H,2,9,16-18H2,1H3. The van der Waals surface area contributed by atoms with E-state index in [0.29, 0.717) is 17.2 Å². The average molecular weight is 561 g/mol. The van der Waals surface area contributed by atoms with Gasteiger partial charge in [0.05, 0.1) is 16.4 Å². The Kier molecular flexibility index (Phi) is 9.14. The van der Waals surface area contributed by atoms with Gasteiger partial charge in [0.2, 0.25) is 10.0 Å². The predicted molar refractivity (Wildman–Crippen MR) is 150 cm³/mol. The lowest BCUT2D eigenvalue weighted by Gasteiger charge is -2.12. The van der Waals surface area contributed by atoms with Crippen molar-refractivity contribution in [3.05, 3.63) is 88.9 Å². The van der Waals surface area contributed by atoms with Crippen molar-refractivity contribution in [3.63, 3.8) is 0 Å². The SMILES string of the molecule is CCCn1c(SCCCNS(=O)(=O)c2cc(Cl)ccc2Cl)nc(-c2ccccc2)c1-c1ccccc1. The molecule has 3 aromatic carbocycles. The molecule has 188 valence electrons. The fourth-order valence-electron chi connectivity index (χ4n) is 3.86. The first-order valence-corrected chi connectivity index (χ1v) is 14.9. The highest BCUT2D eigenvalue weighted by molar-refractivity contribution is 7.99. The fourth-order valence-corrected chi connectivity index (χ4v) is 6.66. The van der Waals surface area contributed by atoms with E-state index in [9.17, 15) is 8.42 Å². The summed E-state index contributed by atoms with van der Waals surface area (Å²) >= 11 is 13.7. The number of halogens is 2. The second-order valence-corrected chi connectivity index (χ2v) is 11.8. The highest BCUT2D eigenvalue weighted by Gasteiger charge is 2.21. The van der Waals surface area contributed by atoms with E-state index < -0.39 is 10.0 Å². The zero-order valence-corrected chi connectivity index (χ0v) is 23.0. The van der Waals surface area contributed by atoms with Gasteiger partial charge in [0.25, 0.3) is 0 Å². The molecule has 0 unspecified atom stereocenters. The Balaban J connectivity index is 1.51. The van der Waals surface area contributed by atoms with Gasteiger partial charge in [0, 0.05) is 35.0 Å². The van der Waals surface area contributed by atoms with Crippen molar-refractivity contribution >= 4 is 45.0 Å². The Morgan fingerprint density at radius 1 is 0.944 bits per heavy atom. The maximum absolute atomic E-state index is 12.7. The monoisotopic (exact) mass is 559 g/mol. The highest BCUT2D eigenvalue weighted by Crippen LogP contribution is 2.36. The molecule has 0 aliphatic heterocycles. The van der Waals surface area contributed by atoms with Crippen LogP contribution in [0.5, 0.6) is 0 Å². The van der Waals surface area contributed by atoms with E-state index in [4.69, 9.17) is 28.2 Å². The number of nitrogens with zero attached hydrogens (tertiary/aromatic N) is 2. The summed E-state index contributed by atoms with van der Waals surface area (Å²) in [4.78, 5) is 5.03. The molecule has 4 aromatic rings. The van der Waals surface area contributed by atoms with Gasteiger partial charge in [-0.15, -0.1) is 0 Å². The van der Waals surface area contributed by atoms with Crippen molar-refractivity contribution in [2.45, 2.75) is 36.4 Å². The van der Waals surface area contributed by atoms with Crippen molar-refractivity contribution < 1.29 is 8.42 Å². The number of thioether (sulfide) groups is 1. The van der Waals surface area contributed by atoms with Gasteiger partial charge in [-0.3, -0.25) is 0 Å². The largest absolute Gasteiger partial charge is 0.318 e. The number of benzene rings is 3. The summed E-state index contributed by atoms with van der Waals surface area (Å²) in [5.41, 5.74) is 4.24. The van der Waals surface area contributed by atoms with Crippen LogP contribution in [-0.2, 0) is 16.6 Å². The molecular weight excluding hydrogens is 533 g/mol. The Labute approximate surface area is 226 Å². The van der Waals surface area contributed by atoms with Gasteiger partial charge in [-0.05, 0) is 31.0 Å². The van der Waals surface area contributed by atoms with Crippen molar-refractivity contribution in [1.29, 1.82) is 0 Å². The van der Waals surface area contributed by atoms with Crippen LogP contribution in [0.4, 0.5) is 0 Å². The van der Waals surface area contributed by atoms with Crippen LogP contribution in [-0.4, -0.2) is 30.3 Å². The van der Waals surface area contributed by atoms with Crippen LogP contribution < -0.4 is 4.72 Å². The van der Waals surface area contributed by atoms with Crippen LogP contribution in [0.1, 0.15) is 19.8 Å². The van der Waals surface area contributed by atoms with Crippen LogP contribution in [0.25, 0.3) is 22.5 Å². The molecule has 36 heavy (non-hydrogen) atoms. The zero-order chi connectivity index (χ0) is 25.5. The van der Waals surface area contributed by atoms with Crippen molar-refractivity contribution in [2.24, 2.45) is 0 Å². The lowest BCUT2D eigenvalue weighted by Crippen LogP contribution is -2.25. The van der Waals surface area contributed by atoms with E-state index in [2.05, 4.69) is 40.5 Å². The molecule has 0 spiro atoms. The fraction of sp³-hybridized carbons (Fsp3) is 0.222. The summed E-state index contributed by atoms with van der Waals surface area (Å²) < 4.78 is 30.2. The summed E-state index contributed by atoms with van der Waals surface area (Å²) in [6.07, 6.45) is 1.60. The van der Waals surface area contributed by atoms with Crippen molar-refractivity contribution in [2.75, 3.05) is 12.3 Å². The Bertz CT molecular complexity index is 1410. The van der Waals surface area contributed by atoms with E-state index >= 15 is 0 Å². The van der Waals surface area contributed by atoms with Crippen LogP contribution in [0, 0.1) is 0 Å². The van der Waals surface area contributed by atoms with Crippen molar-refractivity contribution in [1.82, 2.24) is 14.3 Å². The van der Waals surface area contributed by atoms with Gasteiger partial charge in [0.1, 0.15) is 4.90 Å². The van der Waals surface area contributed by atoms with Crippen LogP contribution >= 0.6 is 35.0 Å². The third-order valence-electron chi connectivity index (χ3n) is 5.50. The minimum atomic E-state index is -3.75. The molecular formula is C27H27Cl2N3O2S2. The Hall–Kier alpha value is -2.29. The number of imidazole rings is 1. The average Bonchev–Trinajstić information content (AvgIpc) is 3.24. The second-order valence-electron chi connectivity index (χ2n) is 8.15. The molecule has 5 nitrogen and oxygen atoms in total. The number of hydrogen-bond acceptors (Lipinski definition) is 4. The van der Waals surface area contributed by atoms with Gasteiger partial charge in [0.15, 0.2) is 5.16 Å². The maximum Gasteiger partial charge on any atom is 0.242 e. The minimum absolute atomic E-state index is 0.0113. The Morgan fingerprint density at radius 3 is 2.28 bits per heavy atom. The lowest BCUT2D eigenvalue weighted by atomic mass is 10.0. The molecule has 1 N–H and O–H groups in total. The van der Waals surface area contributed by atoms with E-state index in [1.54, 1.807) is 17.8 Å². The summed E-state index contributed by atoms with van der Waals surface area (Å²) in [5.74, 6) is 0.703. The molecule has 0 bridgehead atoms. The van der Waals surface area contributed by atoms with E-state index in [0.717, 1.165) is 40.6 Å². The number of sulfonamides is 1. The molecule has 0 fully saturated rings. The number of aromatic nitrogens is 2. The molecule has 1 aromatic heterocycles. The lowest BCUT2D eigenvalue weighted by molar-refractivity contribution is 0.581. The van der Waals surface area contributed by atoms with E-state index in [1.807, 2.05) is 36.4 Å². The molecule has 9 heteroatoms. The third kappa shape index (κ3) is 6.33. The normalized spacial score (nSPS) is 11.6. The van der Waals surface area contributed by atoms with Gasteiger partial charge in [-0.1, -0.05) is 103 Å². The molecule has 4 rings (SSSR count).